The van der Waals surface area contributed by atoms with Gasteiger partial charge in [-0.15, -0.1) is 13.2 Å². The van der Waals surface area contributed by atoms with Crippen LogP contribution in [0.2, 0.25) is 0 Å². The zero-order valence-corrected chi connectivity index (χ0v) is 15.2. The average Bonchev–Trinajstić information content (AvgIpc) is 3.24. The summed E-state index contributed by atoms with van der Waals surface area (Å²) in [5.74, 6) is -0.920. The molecule has 0 unspecified atom stereocenters. The largest absolute Gasteiger partial charge is 0.573 e. The van der Waals surface area contributed by atoms with Crippen molar-refractivity contribution in [3.05, 3.63) is 54.6 Å². The number of nitrogens with one attached hydrogen (secondary N) is 1. The van der Waals surface area contributed by atoms with Crippen molar-refractivity contribution in [1.29, 1.82) is 0 Å². The quantitative estimate of drug-likeness (QED) is 0.654. The fraction of sp³-hybridized carbons (Fsp3) is 0.316. The fourth-order valence-corrected chi connectivity index (χ4v) is 3.44. The maximum atomic E-state index is 14.0. The van der Waals surface area contributed by atoms with Crippen molar-refractivity contribution >= 4 is 5.82 Å². The van der Waals surface area contributed by atoms with Crippen LogP contribution in [0.25, 0.3) is 11.3 Å². The molecule has 10 heteroatoms. The summed E-state index contributed by atoms with van der Waals surface area (Å²) in [7, 11) is 0. The van der Waals surface area contributed by atoms with Crippen LogP contribution in [0.15, 0.2) is 43.1 Å². The fourth-order valence-electron chi connectivity index (χ4n) is 3.44. The van der Waals surface area contributed by atoms with Gasteiger partial charge >= 0.3 is 6.36 Å². The smallest absolute Gasteiger partial charge is 0.403 e. The number of benzene rings is 1. The topological polar surface area (TPSA) is 66.9 Å². The second-order valence-corrected chi connectivity index (χ2v) is 6.71. The van der Waals surface area contributed by atoms with Crippen molar-refractivity contribution in [2.24, 2.45) is 0 Å². The molecule has 1 aliphatic rings. The van der Waals surface area contributed by atoms with E-state index in [9.17, 15) is 17.6 Å². The molecule has 152 valence electrons. The van der Waals surface area contributed by atoms with Gasteiger partial charge in [-0.05, 0) is 31.0 Å². The molecule has 0 spiro atoms. The van der Waals surface area contributed by atoms with Gasteiger partial charge in [0.05, 0.1) is 17.7 Å². The van der Waals surface area contributed by atoms with E-state index in [1.54, 1.807) is 12.4 Å². The number of H-pyrrole nitrogens is 1. The van der Waals surface area contributed by atoms with E-state index >= 15 is 0 Å². The Kier molecular flexibility index (Phi) is 5.08. The third kappa shape index (κ3) is 4.47. The Morgan fingerprint density at radius 3 is 2.52 bits per heavy atom. The molecule has 1 fully saturated rings. The molecular weight excluding hydrogens is 390 g/mol. The first-order valence-corrected chi connectivity index (χ1v) is 9.00. The Morgan fingerprint density at radius 1 is 1.07 bits per heavy atom. The summed E-state index contributed by atoms with van der Waals surface area (Å²) >= 11 is 0. The number of aromatic amines is 1. The number of hydrogen-bond donors (Lipinski definition) is 1. The van der Waals surface area contributed by atoms with E-state index in [0.717, 1.165) is 43.8 Å². The van der Waals surface area contributed by atoms with Gasteiger partial charge in [0.1, 0.15) is 12.1 Å². The van der Waals surface area contributed by atoms with Crippen molar-refractivity contribution in [1.82, 2.24) is 19.9 Å². The van der Waals surface area contributed by atoms with Crippen LogP contribution in [0.1, 0.15) is 24.5 Å². The number of nitrogens with zero attached hydrogens (tertiary/aromatic N) is 4. The van der Waals surface area contributed by atoms with E-state index in [0.29, 0.717) is 23.0 Å². The van der Waals surface area contributed by atoms with Gasteiger partial charge in [0.15, 0.2) is 11.6 Å². The molecule has 29 heavy (non-hydrogen) atoms. The van der Waals surface area contributed by atoms with Crippen LogP contribution in [0.5, 0.6) is 5.75 Å². The van der Waals surface area contributed by atoms with Crippen molar-refractivity contribution in [2.75, 3.05) is 18.0 Å². The Bertz CT molecular complexity index is 969. The summed E-state index contributed by atoms with van der Waals surface area (Å²) in [6.45, 7) is 1.56. The van der Waals surface area contributed by atoms with Gasteiger partial charge in [0.2, 0.25) is 0 Å². The Balaban J connectivity index is 1.49. The van der Waals surface area contributed by atoms with E-state index in [1.165, 1.54) is 12.4 Å². The molecule has 0 amide bonds. The van der Waals surface area contributed by atoms with E-state index in [2.05, 4.69) is 29.6 Å². The number of aromatic nitrogens is 4. The van der Waals surface area contributed by atoms with Gasteiger partial charge in [0, 0.05) is 36.8 Å². The molecule has 2 aromatic heterocycles. The highest BCUT2D eigenvalue weighted by atomic mass is 19.4. The minimum absolute atomic E-state index is 0.340. The Labute approximate surface area is 163 Å². The number of imidazole rings is 1. The average molecular weight is 407 g/mol. The molecule has 4 rings (SSSR count). The molecule has 0 bridgehead atoms. The van der Waals surface area contributed by atoms with Gasteiger partial charge in [-0.25, -0.2) is 19.3 Å². The number of rotatable bonds is 4. The molecule has 0 atom stereocenters. The molecule has 0 radical (unpaired) electrons. The van der Waals surface area contributed by atoms with Gasteiger partial charge in [0.25, 0.3) is 0 Å². The van der Waals surface area contributed by atoms with Crippen LogP contribution in [-0.2, 0) is 0 Å². The van der Waals surface area contributed by atoms with Crippen LogP contribution in [0.4, 0.5) is 23.4 Å². The monoisotopic (exact) mass is 407 g/mol. The second kappa shape index (κ2) is 7.69. The highest BCUT2D eigenvalue weighted by Gasteiger charge is 2.32. The van der Waals surface area contributed by atoms with Crippen LogP contribution >= 0.6 is 0 Å². The molecule has 1 aromatic carbocycles. The maximum absolute atomic E-state index is 14.0. The van der Waals surface area contributed by atoms with Crippen molar-refractivity contribution < 1.29 is 22.3 Å². The van der Waals surface area contributed by atoms with Gasteiger partial charge in [-0.2, -0.15) is 0 Å². The first kappa shape index (κ1) is 19.2. The zero-order valence-electron chi connectivity index (χ0n) is 15.2. The Hall–Kier alpha value is -3.17. The minimum Gasteiger partial charge on any atom is -0.403 e. The lowest BCUT2D eigenvalue weighted by molar-refractivity contribution is -0.275. The summed E-state index contributed by atoms with van der Waals surface area (Å²) < 4.78 is 54.6. The van der Waals surface area contributed by atoms with Crippen molar-refractivity contribution in [2.45, 2.75) is 25.1 Å². The summed E-state index contributed by atoms with van der Waals surface area (Å²) in [5.41, 5.74) is 1.80. The SMILES string of the molecule is Fc1cc(-c2cc(N3CCC(c4c[nH]cn4)CC3)ncn2)ccc1OC(F)(F)F. The van der Waals surface area contributed by atoms with Crippen LogP contribution < -0.4 is 9.64 Å². The molecule has 6 nitrogen and oxygen atoms in total. The lowest BCUT2D eigenvalue weighted by atomic mass is 9.94. The summed E-state index contributed by atoms with van der Waals surface area (Å²) in [4.78, 5) is 17.8. The summed E-state index contributed by atoms with van der Waals surface area (Å²) in [6, 6.07) is 4.94. The number of piperidine rings is 1. The summed E-state index contributed by atoms with van der Waals surface area (Å²) in [6.07, 6.45) is 1.83. The molecule has 0 saturated carbocycles. The molecule has 1 aliphatic heterocycles. The third-order valence-electron chi connectivity index (χ3n) is 4.86. The zero-order chi connectivity index (χ0) is 20.4. The molecule has 1 N–H and O–H groups in total. The summed E-state index contributed by atoms with van der Waals surface area (Å²) in [5, 5.41) is 0. The third-order valence-corrected chi connectivity index (χ3v) is 4.86. The molecule has 1 saturated heterocycles. The van der Waals surface area contributed by atoms with Crippen LogP contribution in [-0.4, -0.2) is 39.4 Å². The highest BCUT2D eigenvalue weighted by Crippen LogP contribution is 2.31. The number of anilines is 1. The standard InChI is InChI=1S/C19H17F4N5O/c20-14-7-13(1-2-17(14)29-19(21,22)23)15-8-18(27-11-26-15)28-5-3-12(4-6-28)16-9-24-10-25-16/h1-2,7-12H,3-6H2,(H,24,25). The number of halogens is 4. The normalized spacial score (nSPS) is 15.5. The first-order chi connectivity index (χ1) is 13.9. The molecular formula is C19H17F4N5O. The maximum Gasteiger partial charge on any atom is 0.573 e. The molecule has 3 heterocycles. The molecule has 3 aromatic rings. The van der Waals surface area contributed by atoms with E-state index in [1.807, 2.05) is 6.20 Å². The number of ether oxygens (including phenoxy) is 1. The second-order valence-electron chi connectivity index (χ2n) is 6.71. The van der Waals surface area contributed by atoms with E-state index < -0.39 is 17.9 Å². The van der Waals surface area contributed by atoms with Crippen molar-refractivity contribution in [3.8, 4) is 17.0 Å². The van der Waals surface area contributed by atoms with Crippen LogP contribution in [0.3, 0.4) is 0 Å². The van der Waals surface area contributed by atoms with Gasteiger partial charge in [-0.1, -0.05) is 0 Å². The lowest BCUT2D eigenvalue weighted by Crippen LogP contribution is -2.33. The Morgan fingerprint density at radius 2 is 1.86 bits per heavy atom. The van der Waals surface area contributed by atoms with Crippen molar-refractivity contribution in [3.63, 3.8) is 0 Å². The van der Waals surface area contributed by atoms with E-state index in [-0.39, 0.29) is 0 Å². The minimum atomic E-state index is -4.95. The predicted molar refractivity (Wildman–Crippen MR) is 96.9 cm³/mol. The van der Waals surface area contributed by atoms with Crippen LogP contribution in [0, 0.1) is 5.82 Å². The predicted octanol–water partition coefficient (Wildman–Crippen LogP) is 4.29. The van der Waals surface area contributed by atoms with E-state index in [4.69, 9.17) is 0 Å². The number of hydrogen-bond acceptors (Lipinski definition) is 5. The van der Waals surface area contributed by atoms with Gasteiger partial charge < -0.3 is 14.6 Å². The molecule has 0 aliphatic carbocycles. The lowest BCUT2D eigenvalue weighted by Gasteiger charge is -2.32. The highest BCUT2D eigenvalue weighted by molar-refractivity contribution is 5.63. The first-order valence-electron chi connectivity index (χ1n) is 9.00. The van der Waals surface area contributed by atoms with Gasteiger partial charge in [-0.3, -0.25) is 0 Å². The number of alkyl halides is 3.